The summed E-state index contributed by atoms with van der Waals surface area (Å²) in [5.74, 6) is -0.468. The van der Waals surface area contributed by atoms with Crippen LogP contribution in [-0.4, -0.2) is 13.3 Å². The molecule has 1 aromatic rings. The number of hydrogen-bond donors (Lipinski definition) is 1. The Kier molecular flexibility index (Phi) is 2.94. The zero-order chi connectivity index (χ0) is 8.97. The summed E-state index contributed by atoms with van der Waals surface area (Å²) >= 11 is 0. The van der Waals surface area contributed by atoms with Crippen molar-refractivity contribution in [3.05, 3.63) is 35.1 Å². The molecule has 1 aromatic carbocycles. The molecule has 0 radical (unpaired) electrons. The summed E-state index contributed by atoms with van der Waals surface area (Å²) in [6.07, 6.45) is 0.522. The molecule has 1 rings (SSSR count). The van der Waals surface area contributed by atoms with Crippen LogP contribution in [0.2, 0.25) is 0 Å². The lowest BCUT2D eigenvalue weighted by molar-refractivity contribution is 0.111. The first-order valence-electron chi connectivity index (χ1n) is 3.66. The van der Waals surface area contributed by atoms with Gasteiger partial charge in [-0.2, -0.15) is 0 Å². The lowest BCUT2D eigenvalue weighted by atomic mass is 10.1. The van der Waals surface area contributed by atoms with Crippen LogP contribution in [0.15, 0.2) is 18.2 Å². The Morgan fingerprint density at radius 2 is 2.33 bits per heavy atom. The van der Waals surface area contributed by atoms with Crippen molar-refractivity contribution in [3.8, 4) is 0 Å². The number of carbonyl (C=O) groups excluding carboxylic acids is 1. The molecule has 0 saturated heterocycles. The number of benzene rings is 1. The Bertz CT molecular complexity index is 286. The maximum absolute atomic E-state index is 12.8. The van der Waals surface area contributed by atoms with Crippen LogP contribution in [0.5, 0.6) is 0 Å². The van der Waals surface area contributed by atoms with E-state index in [0.717, 1.165) is 5.56 Å². The van der Waals surface area contributed by atoms with Crippen LogP contribution >= 0.6 is 0 Å². The van der Waals surface area contributed by atoms with Gasteiger partial charge in [0.15, 0.2) is 6.29 Å². The second kappa shape index (κ2) is 3.97. The van der Waals surface area contributed by atoms with Crippen LogP contribution in [0.4, 0.5) is 4.39 Å². The zero-order valence-electron chi connectivity index (χ0n) is 6.80. The van der Waals surface area contributed by atoms with Gasteiger partial charge in [0.1, 0.15) is 5.82 Å². The summed E-state index contributed by atoms with van der Waals surface area (Å²) in [7, 11) is 1.80. The maximum atomic E-state index is 12.8. The Balaban J connectivity index is 2.96. The number of hydrogen-bond acceptors (Lipinski definition) is 2. The van der Waals surface area contributed by atoms with Crippen LogP contribution in [0.3, 0.4) is 0 Å². The van der Waals surface area contributed by atoms with Gasteiger partial charge in [-0.25, -0.2) is 4.39 Å². The van der Waals surface area contributed by atoms with Crippen molar-refractivity contribution < 1.29 is 9.18 Å². The van der Waals surface area contributed by atoms with Crippen molar-refractivity contribution in [2.45, 2.75) is 6.54 Å². The molecule has 0 heterocycles. The molecule has 0 saturated carbocycles. The molecule has 2 nitrogen and oxygen atoms in total. The molecule has 0 aromatic heterocycles. The molecular weight excluding hydrogens is 157 g/mol. The van der Waals surface area contributed by atoms with E-state index in [1.165, 1.54) is 6.07 Å². The van der Waals surface area contributed by atoms with E-state index in [-0.39, 0.29) is 5.56 Å². The molecule has 0 atom stereocenters. The van der Waals surface area contributed by atoms with Gasteiger partial charge in [0.05, 0.1) is 5.56 Å². The first kappa shape index (κ1) is 8.87. The van der Waals surface area contributed by atoms with E-state index in [4.69, 9.17) is 0 Å². The number of nitrogens with one attached hydrogen (secondary N) is 1. The van der Waals surface area contributed by atoms with E-state index in [0.29, 0.717) is 12.8 Å². The minimum Gasteiger partial charge on any atom is -0.316 e. The molecule has 0 aliphatic heterocycles. The lowest BCUT2D eigenvalue weighted by Gasteiger charge is -2.00. The van der Waals surface area contributed by atoms with Crippen molar-refractivity contribution in [2.24, 2.45) is 0 Å². The van der Waals surface area contributed by atoms with Crippen LogP contribution < -0.4 is 5.32 Å². The fraction of sp³-hybridized carbons (Fsp3) is 0.222. The van der Waals surface area contributed by atoms with Gasteiger partial charge in [0.2, 0.25) is 0 Å². The highest BCUT2D eigenvalue weighted by molar-refractivity contribution is 5.75. The van der Waals surface area contributed by atoms with Gasteiger partial charge in [-0.15, -0.1) is 0 Å². The Morgan fingerprint density at radius 3 is 2.92 bits per heavy atom. The van der Waals surface area contributed by atoms with Crippen molar-refractivity contribution >= 4 is 6.29 Å². The van der Waals surface area contributed by atoms with E-state index >= 15 is 0 Å². The van der Waals surface area contributed by atoms with Gasteiger partial charge in [-0.05, 0) is 24.7 Å². The number of carbonyl (C=O) groups is 1. The van der Waals surface area contributed by atoms with E-state index < -0.39 is 5.82 Å². The van der Waals surface area contributed by atoms with Crippen molar-refractivity contribution in [1.82, 2.24) is 5.32 Å². The highest BCUT2D eigenvalue weighted by Gasteiger charge is 2.00. The topological polar surface area (TPSA) is 29.1 Å². The predicted octanol–water partition coefficient (Wildman–Crippen LogP) is 1.36. The quantitative estimate of drug-likeness (QED) is 0.688. The summed E-state index contributed by atoms with van der Waals surface area (Å²) in [5, 5.41) is 2.92. The molecule has 0 aliphatic rings. The summed E-state index contributed by atoms with van der Waals surface area (Å²) in [5.41, 5.74) is 1.02. The molecule has 0 unspecified atom stereocenters. The van der Waals surface area contributed by atoms with E-state index in [1.54, 1.807) is 19.2 Å². The summed E-state index contributed by atoms with van der Waals surface area (Å²) in [6.45, 7) is 0.640. The molecule has 1 N–H and O–H groups in total. The molecule has 0 aliphatic carbocycles. The third-order valence-corrected chi connectivity index (χ3v) is 1.57. The van der Waals surface area contributed by atoms with E-state index in [9.17, 15) is 9.18 Å². The fourth-order valence-electron chi connectivity index (χ4n) is 0.998. The minimum atomic E-state index is -0.468. The first-order valence-corrected chi connectivity index (χ1v) is 3.66. The third kappa shape index (κ3) is 1.89. The standard InChI is InChI=1S/C9H10FNO/c1-11-5-7-2-3-9(10)8(4-7)6-12/h2-4,6,11H,5H2,1H3. The second-order valence-electron chi connectivity index (χ2n) is 2.50. The average molecular weight is 167 g/mol. The predicted molar refractivity (Wildman–Crippen MR) is 44.6 cm³/mol. The summed E-state index contributed by atoms with van der Waals surface area (Å²) in [6, 6.07) is 4.49. The Hall–Kier alpha value is -1.22. The van der Waals surface area contributed by atoms with E-state index in [1.807, 2.05) is 0 Å². The monoisotopic (exact) mass is 167 g/mol. The second-order valence-corrected chi connectivity index (χ2v) is 2.50. The normalized spacial score (nSPS) is 9.83. The Labute approximate surface area is 70.4 Å². The first-order chi connectivity index (χ1) is 5.77. The van der Waals surface area contributed by atoms with Crippen LogP contribution in [0.1, 0.15) is 15.9 Å². The fourth-order valence-corrected chi connectivity index (χ4v) is 0.998. The van der Waals surface area contributed by atoms with Crippen molar-refractivity contribution in [1.29, 1.82) is 0 Å². The highest BCUT2D eigenvalue weighted by Crippen LogP contribution is 2.07. The van der Waals surface area contributed by atoms with Gasteiger partial charge in [0.25, 0.3) is 0 Å². The molecule has 0 spiro atoms. The summed E-state index contributed by atoms with van der Waals surface area (Å²) < 4.78 is 12.8. The molecule has 0 amide bonds. The summed E-state index contributed by atoms with van der Waals surface area (Å²) in [4.78, 5) is 10.3. The van der Waals surface area contributed by atoms with Crippen molar-refractivity contribution in [2.75, 3.05) is 7.05 Å². The highest BCUT2D eigenvalue weighted by atomic mass is 19.1. The minimum absolute atomic E-state index is 0.114. The van der Waals surface area contributed by atoms with Crippen molar-refractivity contribution in [3.63, 3.8) is 0 Å². The smallest absolute Gasteiger partial charge is 0.153 e. The molecule has 3 heteroatoms. The molecule has 0 bridgehead atoms. The van der Waals surface area contributed by atoms with E-state index in [2.05, 4.69) is 5.32 Å². The van der Waals surface area contributed by atoms with Gasteiger partial charge in [-0.1, -0.05) is 6.07 Å². The number of rotatable bonds is 3. The lowest BCUT2D eigenvalue weighted by Crippen LogP contribution is -2.05. The van der Waals surface area contributed by atoms with Gasteiger partial charge < -0.3 is 5.32 Å². The van der Waals surface area contributed by atoms with Crippen LogP contribution in [0, 0.1) is 5.82 Å². The van der Waals surface area contributed by atoms with Crippen LogP contribution in [-0.2, 0) is 6.54 Å². The van der Waals surface area contributed by atoms with Gasteiger partial charge in [0, 0.05) is 6.54 Å². The Morgan fingerprint density at radius 1 is 1.58 bits per heavy atom. The third-order valence-electron chi connectivity index (χ3n) is 1.57. The van der Waals surface area contributed by atoms with Gasteiger partial charge in [-0.3, -0.25) is 4.79 Å². The molecule has 12 heavy (non-hydrogen) atoms. The average Bonchev–Trinajstić information content (AvgIpc) is 2.09. The maximum Gasteiger partial charge on any atom is 0.153 e. The van der Waals surface area contributed by atoms with Crippen LogP contribution in [0.25, 0.3) is 0 Å². The zero-order valence-corrected chi connectivity index (χ0v) is 6.80. The number of halogens is 1. The largest absolute Gasteiger partial charge is 0.316 e. The van der Waals surface area contributed by atoms with Gasteiger partial charge >= 0.3 is 0 Å². The SMILES string of the molecule is CNCc1ccc(F)c(C=O)c1. The molecular formula is C9H10FNO. The molecule has 0 fully saturated rings. The molecule has 64 valence electrons. The number of aldehydes is 1.